The molecule has 1 fully saturated rings. The van der Waals surface area contributed by atoms with Gasteiger partial charge in [-0.15, -0.1) is 0 Å². The Kier molecular flexibility index (Phi) is 9.64. The predicted octanol–water partition coefficient (Wildman–Crippen LogP) is 1.22. The van der Waals surface area contributed by atoms with Gasteiger partial charge >= 0.3 is 0 Å². The molecule has 0 aliphatic carbocycles. The molecule has 0 atom stereocenters. The summed E-state index contributed by atoms with van der Waals surface area (Å²) >= 11 is 6.25. The number of hydrogen-bond acceptors (Lipinski definition) is 6. The molecular weight excluding hydrogens is 307 g/mol. The maximum Gasteiger partial charge on any atom is 0.247 e. The van der Waals surface area contributed by atoms with E-state index >= 15 is 0 Å². The smallest absolute Gasteiger partial charge is 0.247 e. The van der Waals surface area contributed by atoms with Crippen molar-refractivity contribution in [3.8, 4) is 0 Å². The van der Waals surface area contributed by atoms with E-state index in [9.17, 15) is 9.59 Å². The number of hydrogen-bond donors (Lipinski definition) is 1. The number of nitrogens with one attached hydrogen (secondary N) is 1. The molecule has 0 bridgehead atoms. The molecule has 19 heavy (non-hydrogen) atoms. The first kappa shape index (κ1) is 18.9. The van der Waals surface area contributed by atoms with Gasteiger partial charge in [-0.1, -0.05) is 11.4 Å². The highest BCUT2D eigenvalue weighted by Gasteiger charge is 2.17. The Morgan fingerprint density at radius 1 is 1.53 bits per heavy atom. The third-order valence-corrected chi connectivity index (χ3v) is 8.07. The topological polar surface area (TPSA) is 67.9 Å². The molecule has 1 heterocycles. The highest BCUT2D eigenvalue weighted by Crippen LogP contribution is 2.59. The lowest BCUT2D eigenvalue weighted by Crippen LogP contribution is -2.19. The lowest BCUT2D eigenvalue weighted by molar-refractivity contribution is -0.126. The predicted molar refractivity (Wildman–Crippen MR) is 81.7 cm³/mol. The van der Waals surface area contributed by atoms with Crippen molar-refractivity contribution in [3.63, 3.8) is 0 Å². The van der Waals surface area contributed by atoms with Gasteiger partial charge in [-0.05, 0) is 18.2 Å². The molecule has 0 aromatic carbocycles. The number of carbonyl (C=O) groups excluding carboxylic acids is 2. The molecule has 1 N–H and O–H groups in total. The van der Waals surface area contributed by atoms with Crippen molar-refractivity contribution in [2.75, 3.05) is 40.6 Å². The van der Waals surface area contributed by atoms with Gasteiger partial charge in [0.2, 0.25) is 17.5 Å². The van der Waals surface area contributed by atoms with E-state index in [2.05, 4.69) is 5.32 Å². The van der Waals surface area contributed by atoms with Crippen LogP contribution >= 0.6 is 17.1 Å². The molecule has 1 saturated heterocycles. The largest absolute Gasteiger partial charge is 0.358 e. The monoisotopic (exact) mass is 328 g/mol. The van der Waals surface area contributed by atoms with Crippen LogP contribution in [-0.4, -0.2) is 57.3 Å². The highest BCUT2D eigenvalue weighted by molar-refractivity contribution is 8.68. The van der Waals surface area contributed by atoms with E-state index in [1.807, 2.05) is 7.05 Å². The first-order valence-corrected chi connectivity index (χ1v) is 9.92. The summed E-state index contributed by atoms with van der Waals surface area (Å²) in [6, 6.07) is 0. The zero-order valence-corrected chi connectivity index (χ0v) is 14.2. The van der Waals surface area contributed by atoms with Gasteiger partial charge in [0, 0.05) is 41.3 Å². The number of likely N-dealkylation sites (tertiary alicyclic amines) is 1. The third kappa shape index (κ3) is 7.89. The molecule has 6 nitrogen and oxygen atoms in total. The zero-order valence-electron chi connectivity index (χ0n) is 11.7. The van der Waals surface area contributed by atoms with Gasteiger partial charge in [0.25, 0.3) is 0 Å². The fourth-order valence-corrected chi connectivity index (χ4v) is 3.89. The minimum atomic E-state index is -2.26. The second-order valence-corrected chi connectivity index (χ2v) is 10.2. The van der Waals surface area contributed by atoms with Crippen LogP contribution in [0, 0.1) is 0 Å². The van der Waals surface area contributed by atoms with Crippen LogP contribution in [0.5, 0.6) is 0 Å². The molecule has 112 valence electrons. The molecule has 0 unspecified atom stereocenters. The summed E-state index contributed by atoms with van der Waals surface area (Å²) in [7, 11) is 6.39. The molecule has 0 saturated carbocycles. The molecular formula is C10H21N2O4PS2. The van der Waals surface area contributed by atoms with Gasteiger partial charge < -0.3 is 19.3 Å². The summed E-state index contributed by atoms with van der Waals surface area (Å²) < 4.78 is 9.94. The minimum absolute atomic E-state index is 0.0803. The van der Waals surface area contributed by atoms with Crippen molar-refractivity contribution in [2.45, 2.75) is 12.8 Å². The zero-order chi connectivity index (χ0) is 14.9. The van der Waals surface area contributed by atoms with Crippen molar-refractivity contribution in [1.29, 1.82) is 0 Å². The van der Waals surface area contributed by atoms with E-state index < -0.39 is 5.69 Å². The third-order valence-electron chi connectivity index (χ3n) is 2.39. The Morgan fingerprint density at radius 3 is 2.37 bits per heavy atom. The van der Waals surface area contributed by atoms with Crippen LogP contribution in [0.15, 0.2) is 0 Å². The van der Waals surface area contributed by atoms with Crippen molar-refractivity contribution >= 4 is 40.7 Å². The summed E-state index contributed by atoms with van der Waals surface area (Å²) in [5, 5.41) is 2.49. The van der Waals surface area contributed by atoms with E-state index in [0.717, 1.165) is 19.4 Å². The number of nitrogens with zero attached hydrogens (tertiary/aromatic N) is 1. The van der Waals surface area contributed by atoms with Crippen LogP contribution in [0.3, 0.4) is 0 Å². The molecule has 0 radical (unpaired) electrons. The molecule has 1 aliphatic rings. The Morgan fingerprint density at radius 2 is 2.11 bits per heavy atom. The first-order chi connectivity index (χ1) is 8.88. The van der Waals surface area contributed by atoms with Gasteiger partial charge in [-0.25, -0.2) is 0 Å². The maximum atomic E-state index is 10.8. The minimum Gasteiger partial charge on any atom is -0.358 e. The van der Waals surface area contributed by atoms with Crippen LogP contribution < -0.4 is 5.32 Å². The lowest BCUT2D eigenvalue weighted by atomic mass is 10.4. The van der Waals surface area contributed by atoms with Gasteiger partial charge in [-0.2, -0.15) is 0 Å². The normalized spacial score (nSPS) is 14.9. The van der Waals surface area contributed by atoms with Crippen molar-refractivity contribution in [2.24, 2.45) is 0 Å². The molecule has 0 aromatic heterocycles. The average molecular weight is 328 g/mol. The molecule has 9 heteroatoms. The van der Waals surface area contributed by atoms with E-state index in [0.29, 0.717) is 5.91 Å². The fraction of sp³-hybridized carbons (Fsp3) is 0.800. The molecule has 0 aromatic rings. The Hall–Kier alpha value is -0.140. The summed E-state index contributed by atoms with van der Waals surface area (Å²) in [5.41, 5.74) is -2.26. The van der Waals surface area contributed by atoms with Crippen LogP contribution in [0.25, 0.3) is 0 Å². The Bertz CT molecular complexity index is 346. The van der Waals surface area contributed by atoms with Crippen LogP contribution in [0.4, 0.5) is 0 Å². The summed E-state index contributed by atoms with van der Waals surface area (Å²) in [6.45, 7) is 0.957. The van der Waals surface area contributed by atoms with Crippen molar-refractivity contribution in [3.05, 3.63) is 0 Å². The summed E-state index contributed by atoms with van der Waals surface area (Å²) in [5.74, 6) is 0.485. The Balaban J connectivity index is 0.000000388. The first-order valence-electron chi connectivity index (χ1n) is 5.69. The Labute approximate surface area is 123 Å². The van der Waals surface area contributed by atoms with E-state index in [1.165, 1.54) is 25.6 Å². The average Bonchev–Trinajstić information content (AvgIpc) is 2.80. The number of amides is 2. The SMILES string of the molecule is CN1CCCC1=O.CNC(=O)CSP(=S)(OC)OC. The van der Waals surface area contributed by atoms with Crippen LogP contribution in [-0.2, 0) is 30.4 Å². The molecule has 1 rings (SSSR count). The maximum absolute atomic E-state index is 10.8. The van der Waals surface area contributed by atoms with Crippen molar-refractivity contribution < 1.29 is 18.6 Å². The quantitative estimate of drug-likeness (QED) is 0.766. The lowest BCUT2D eigenvalue weighted by Gasteiger charge is -2.15. The molecule has 1 aliphatic heterocycles. The second kappa shape index (κ2) is 9.72. The summed E-state index contributed by atoms with van der Waals surface area (Å²) in [4.78, 5) is 23.1. The van der Waals surface area contributed by atoms with E-state index in [1.54, 1.807) is 11.9 Å². The molecule has 0 spiro atoms. The number of rotatable bonds is 5. The second-order valence-electron chi connectivity index (χ2n) is 3.68. The summed E-state index contributed by atoms with van der Waals surface area (Å²) in [6.07, 6.45) is 1.81. The van der Waals surface area contributed by atoms with E-state index in [-0.39, 0.29) is 11.7 Å². The van der Waals surface area contributed by atoms with Gasteiger partial charge in [0.05, 0.1) is 5.75 Å². The standard InChI is InChI=1S/C5H12NO3PS2.C5H9NO/c1-6-5(7)4-12-10(11,8-2)9-3;1-6-4-2-3-5(6)7/h4H2,1-3H3,(H,6,7);2-4H2,1H3. The highest BCUT2D eigenvalue weighted by atomic mass is 32.9. The molecule has 2 amide bonds. The van der Waals surface area contributed by atoms with Crippen LogP contribution in [0.1, 0.15) is 12.8 Å². The number of carbonyl (C=O) groups is 2. The van der Waals surface area contributed by atoms with Gasteiger partial charge in [0.15, 0.2) is 0 Å². The van der Waals surface area contributed by atoms with Gasteiger partial charge in [-0.3, -0.25) is 9.59 Å². The fourth-order valence-electron chi connectivity index (χ4n) is 1.17. The van der Waals surface area contributed by atoms with Gasteiger partial charge in [0.1, 0.15) is 0 Å². The van der Waals surface area contributed by atoms with E-state index in [4.69, 9.17) is 20.9 Å². The van der Waals surface area contributed by atoms with Crippen molar-refractivity contribution in [1.82, 2.24) is 10.2 Å². The van der Waals surface area contributed by atoms with Crippen LogP contribution in [0.2, 0.25) is 0 Å².